The van der Waals surface area contributed by atoms with Crippen LogP contribution in [0.2, 0.25) is 0 Å². The standard InChI is InChI=1S/C12H15BrN2O2/c1-3-15-9(6-8(2)14-15)7-10(16)11-4-5-12(13)17-11/h4-6,10,16H,3,7H2,1-2H3. The first-order valence-electron chi connectivity index (χ1n) is 5.56. The van der Waals surface area contributed by atoms with E-state index in [0.717, 1.165) is 17.9 Å². The predicted molar refractivity (Wildman–Crippen MR) is 67.7 cm³/mol. The van der Waals surface area contributed by atoms with Crippen molar-refractivity contribution < 1.29 is 9.52 Å². The zero-order valence-electron chi connectivity index (χ0n) is 9.85. The van der Waals surface area contributed by atoms with E-state index in [1.54, 1.807) is 12.1 Å². The largest absolute Gasteiger partial charge is 0.452 e. The van der Waals surface area contributed by atoms with E-state index in [0.29, 0.717) is 16.9 Å². The van der Waals surface area contributed by atoms with E-state index in [4.69, 9.17) is 4.42 Å². The normalized spacial score (nSPS) is 12.9. The van der Waals surface area contributed by atoms with E-state index >= 15 is 0 Å². The number of aliphatic hydroxyl groups is 1. The van der Waals surface area contributed by atoms with Gasteiger partial charge in [0.1, 0.15) is 11.9 Å². The van der Waals surface area contributed by atoms with Crippen LogP contribution in [0.3, 0.4) is 0 Å². The Hall–Kier alpha value is -1.07. The van der Waals surface area contributed by atoms with Crippen molar-refractivity contribution in [3.05, 3.63) is 40.0 Å². The summed E-state index contributed by atoms with van der Waals surface area (Å²) in [4.78, 5) is 0. The van der Waals surface area contributed by atoms with Crippen LogP contribution in [0.25, 0.3) is 0 Å². The van der Waals surface area contributed by atoms with Crippen molar-refractivity contribution in [2.75, 3.05) is 0 Å². The zero-order chi connectivity index (χ0) is 12.4. The van der Waals surface area contributed by atoms with Crippen LogP contribution in [0.5, 0.6) is 0 Å². The number of aromatic nitrogens is 2. The summed E-state index contributed by atoms with van der Waals surface area (Å²) in [7, 11) is 0. The molecule has 0 spiro atoms. The van der Waals surface area contributed by atoms with Crippen LogP contribution in [0.1, 0.15) is 30.2 Å². The number of halogens is 1. The first-order valence-corrected chi connectivity index (χ1v) is 6.36. The average Bonchev–Trinajstić information content (AvgIpc) is 2.85. The second-order valence-electron chi connectivity index (χ2n) is 3.95. The molecule has 0 saturated heterocycles. The van der Waals surface area contributed by atoms with Crippen molar-refractivity contribution >= 4 is 15.9 Å². The molecule has 17 heavy (non-hydrogen) atoms. The SMILES string of the molecule is CCn1nc(C)cc1CC(O)c1ccc(Br)o1. The lowest BCUT2D eigenvalue weighted by Gasteiger charge is -2.08. The second kappa shape index (κ2) is 5.06. The highest BCUT2D eigenvalue weighted by Crippen LogP contribution is 2.23. The Balaban J connectivity index is 2.14. The fourth-order valence-electron chi connectivity index (χ4n) is 1.84. The molecule has 92 valence electrons. The average molecular weight is 299 g/mol. The van der Waals surface area contributed by atoms with E-state index in [1.165, 1.54) is 0 Å². The zero-order valence-corrected chi connectivity index (χ0v) is 11.4. The molecule has 0 amide bonds. The van der Waals surface area contributed by atoms with Gasteiger partial charge in [0, 0.05) is 18.7 Å². The summed E-state index contributed by atoms with van der Waals surface area (Å²) in [5, 5.41) is 14.4. The van der Waals surface area contributed by atoms with E-state index in [2.05, 4.69) is 21.0 Å². The molecule has 1 N–H and O–H groups in total. The van der Waals surface area contributed by atoms with Gasteiger partial charge in [0.05, 0.1) is 5.69 Å². The molecule has 2 aromatic rings. The Morgan fingerprint density at radius 2 is 2.29 bits per heavy atom. The monoisotopic (exact) mass is 298 g/mol. The third-order valence-electron chi connectivity index (χ3n) is 2.61. The maximum absolute atomic E-state index is 10.1. The molecule has 5 heteroatoms. The van der Waals surface area contributed by atoms with Gasteiger partial charge in [-0.15, -0.1) is 0 Å². The highest BCUT2D eigenvalue weighted by Gasteiger charge is 2.15. The highest BCUT2D eigenvalue weighted by molar-refractivity contribution is 9.10. The summed E-state index contributed by atoms with van der Waals surface area (Å²) >= 11 is 3.22. The number of nitrogens with zero attached hydrogens (tertiary/aromatic N) is 2. The van der Waals surface area contributed by atoms with Crippen molar-refractivity contribution in [3.63, 3.8) is 0 Å². The van der Waals surface area contributed by atoms with Crippen molar-refractivity contribution in [1.82, 2.24) is 9.78 Å². The lowest BCUT2D eigenvalue weighted by Crippen LogP contribution is -2.07. The van der Waals surface area contributed by atoms with Crippen LogP contribution >= 0.6 is 15.9 Å². The molecular formula is C12H15BrN2O2. The van der Waals surface area contributed by atoms with Crippen molar-refractivity contribution in [1.29, 1.82) is 0 Å². The molecule has 0 radical (unpaired) electrons. The Kier molecular flexibility index (Phi) is 3.69. The Morgan fingerprint density at radius 3 is 2.88 bits per heavy atom. The molecule has 4 nitrogen and oxygen atoms in total. The van der Waals surface area contributed by atoms with E-state index < -0.39 is 6.10 Å². The summed E-state index contributed by atoms with van der Waals surface area (Å²) in [6, 6.07) is 5.54. The summed E-state index contributed by atoms with van der Waals surface area (Å²) in [5.41, 5.74) is 1.99. The molecule has 2 aromatic heterocycles. The van der Waals surface area contributed by atoms with Gasteiger partial charge in [-0.2, -0.15) is 5.10 Å². The van der Waals surface area contributed by atoms with Crippen LogP contribution in [0, 0.1) is 6.92 Å². The first kappa shape index (κ1) is 12.4. The van der Waals surface area contributed by atoms with Crippen LogP contribution in [0.15, 0.2) is 27.3 Å². The van der Waals surface area contributed by atoms with E-state index in [-0.39, 0.29) is 0 Å². The van der Waals surface area contributed by atoms with Gasteiger partial charge in [0.25, 0.3) is 0 Å². The minimum absolute atomic E-state index is 0.509. The molecule has 0 aliphatic rings. The second-order valence-corrected chi connectivity index (χ2v) is 4.74. The Labute approximate surface area is 108 Å². The van der Waals surface area contributed by atoms with Gasteiger partial charge in [0.15, 0.2) is 4.67 Å². The molecule has 0 aliphatic carbocycles. The molecule has 0 aromatic carbocycles. The number of rotatable bonds is 4. The number of hydrogen-bond donors (Lipinski definition) is 1. The third kappa shape index (κ3) is 2.79. The summed E-state index contributed by atoms with van der Waals surface area (Å²) < 4.78 is 7.87. The maximum atomic E-state index is 10.1. The lowest BCUT2D eigenvalue weighted by molar-refractivity contribution is 0.146. The number of hydrogen-bond acceptors (Lipinski definition) is 3. The van der Waals surface area contributed by atoms with Gasteiger partial charge in [-0.05, 0) is 48.0 Å². The van der Waals surface area contributed by atoms with Crippen LogP contribution < -0.4 is 0 Å². The quantitative estimate of drug-likeness (QED) is 0.944. The fraction of sp³-hybridized carbons (Fsp3) is 0.417. The topological polar surface area (TPSA) is 51.2 Å². The fourth-order valence-corrected chi connectivity index (χ4v) is 2.16. The Bertz CT molecular complexity index is 504. The molecule has 0 aliphatic heterocycles. The molecule has 0 bridgehead atoms. The van der Waals surface area contributed by atoms with Crippen LogP contribution in [-0.2, 0) is 13.0 Å². The van der Waals surface area contributed by atoms with Crippen molar-refractivity contribution in [2.45, 2.75) is 32.9 Å². The lowest BCUT2D eigenvalue weighted by atomic mass is 10.1. The van der Waals surface area contributed by atoms with Gasteiger partial charge in [-0.1, -0.05) is 0 Å². The Morgan fingerprint density at radius 1 is 1.53 bits per heavy atom. The van der Waals surface area contributed by atoms with Gasteiger partial charge < -0.3 is 9.52 Å². The molecule has 0 fully saturated rings. The predicted octanol–water partition coefficient (Wildman–Crippen LogP) is 2.84. The molecule has 1 atom stereocenters. The number of aliphatic hydroxyl groups excluding tert-OH is 1. The van der Waals surface area contributed by atoms with Crippen LogP contribution in [0.4, 0.5) is 0 Å². The summed E-state index contributed by atoms with van der Waals surface area (Å²) in [6.07, 6.45) is -0.128. The molecule has 1 unspecified atom stereocenters. The summed E-state index contributed by atoms with van der Waals surface area (Å²) in [6.45, 7) is 4.79. The summed E-state index contributed by atoms with van der Waals surface area (Å²) in [5.74, 6) is 0.568. The third-order valence-corrected chi connectivity index (χ3v) is 3.04. The first-order chi connectivity index (χ1) is 8.10. The molecule has 2 heterocycles. The van der Waals surface area contributed by atoms with Crippen molar-refractivity contribution in [3.8, 4) is 0 Å². The molecule has 2 rings (SSSR count). The highest BCUT2D eigenvalue weighted by atomic mass is 79.9. The number of aryl methyl sites for hydroxylation is 2. The van der Waals surface area contributed by atoms with Gasteiger partial charge in [0.2, 0.25) is 0 Å². The van der Waals surface area contributed by atoms with E-state index in [1.807, 2.05) is 24.6 Å². The minimum Gasteiger partial charge on any atom is -0.452 e. The minimum atomic E-state index is -0.636. The smallest absolute Gasteiger partial charge is 0.169 e. The van der Waals surface area contributed by atoms with Gasteiger partial charge in [-0.3, -0.25) is 4.68 Å². The van der Waals surface area contributed by atoms with E-state index in [9.17, 15) is 5.11 Å². The number of furan rings is 1. The van der Waals surface area contributed by atoms with Crippen LogP contribution in [-0.4, -0.2) is 14.9 Å². The van der Waals surface area contributed by atoms with Gasteiger partial charge in [-0.25, -0.2) is 0 Å². The van der Waals surface area contributed by atoms with Gasteiger partial charge >= 0.3 is 0 Å². The molecular weight excluding hydrogens is 284 g/mol. The maximum Gasteiger partial charge on any atom is 0.169 e. The molecule has 0 saturated carbocycles. The van der Waals surface area contributed by atoms with Crippen molar-refractivity contribution in [2.24, 2.45) is 0 Å².